The molecule has 2 N–H and O–H groups in total. The van der Waals surface area contributed by atoms with Crippen LogP contribution < -0.4 is 5.73 Å². The van der Waals surface area contributed by atoms with Crippen LogP contribution in [0.5, 0.6) is 0 Å². The molecule has 0 spiro atoms. The Morgan fingerprint density at radius 2 is 1.93 bits per heavy atom. The summed E-state index contributed by atoms with van der Waals surface area (Å²) in [7, 11) is 0. The third kappa shape index (κ3) is 2.81. The molecule has 1 heterocycles. The predicted molar refractivity (Wildman–Crippen MR) is 61.9 cm³/mol. The minimum Gasteiger partial charge on any atom is -0.445 e. The molecule has 0 saturated heterocycles. The zero-order valence-electron chi connectivity index (χ0n) is 8.22. The summed E-state index contributed by atoms with van der Waals surface area (Å²) in [5.74, 6) is 0.657. The van der Waals surface area contributed by atoms with E-state index in [1.807, 2.05) is 24.3 Å². The molecule has 2 aromatic rings. The van der Waals surface area contributed by atoms with Crippen molar-refractivity contribution in [2.45, 2.75) is 6.42 Å². The number of nitrogens with two attached hydrogens (primary N) is 1. The van der Waals surface area contributed by atoms with Gasteiger partial charge in [-0.05, 0) is 30.7 Å². The first-order chi connectivity index (χ1) is 6.90. The molecular formula is C11H13ClN2O. The zero-order chi connectivity index (χ0) is 9.80. The third-order valence-corrected chi connectivity index (χ3v) is 2.07. The van der Waals surface area contributed by atoms with E-state index >= 15 is 0 Å². The minimum absolute atomic E-state index is 0. The van der Waals surface area contributed by atoms with Crippen LogP contribution in [0, 0.1) is 0 Å². The van der Waals surface area contributed by atoms with E-state index in [-0.39, 0.29) is 12.4 Å². The van der Waals surface area contributed by atoms with Gasteiger partial charge in [0.15, 0.2) is 0 Å². The van der Waals surface area contributed by atoms with Gasteiger partial charge in [-0.15, -0.1) is 12.4 Å². The van der Waals surface area contributed by atoms with Crippen molar-refractivity contribution in [3.8, 4) is 11.5 Å². The van der Waals surface area contributed by atoms with Crippen molar-refractivity contribution in [2.75, 3.05) is 6.54 Å². The highest BCUT2D eigenvalue weighted by atomic mass is 35.5. The minimum atomic E-state index is 0. The van der Waals surface area contributed by atoms with Crippen LogP contribution >= 0.6 is 12.4 Å². The van der Waals surface area contributed by atoms with Crippen molar-refractivity contribution in [3.05, 3.63) is 42.3 Å². The number of hydrogen-bond acceptors (Lipinski definition) is 3. The topological polar surface area (TPSA) is 52.0 Å². The maximum Gasteiger partial charge on any atom is 0.225 e. The summed E-state index contributed by atoms with van der Waals surface area (Å²) < 4.78 is 5.18. The van der Waals surface area contributed by atoms with Crippen LogP contribution in [0.3, 0.4) is 0 Å². The van der Waals surface area contributed by atoms with Crippen molar-refractivity contribution in [1.82, 2.24) is 4.98 Å². The van der Waals surface area contributed by atoms with Gasteiger partial charge in [0.2, 0.25) is 5.89 Å². The fraction of sp³-hybridized carbons (Fsp3) is 0.182. The van der Waals surface area contributed by atoms with Crippen LogP contribution in [0.4, 0.5) is 0 Å². The molecule has 0 aliphatic rings. The molecule has 0 saturated carbocycles. The van der Waals surface area contributed by atoms with Crippen LogP contribution in [0.1, 0.15) is 5.56 Å². The van der Waals surface area contributed by atoms with Gasteiger partial charge in [-0.25, -0.2) is 4.98 Å². The van der Waals surface area contributed by atoms with Gasteiger partial charge in [-0.2, -0.15) is 0 Å². The first-order valence-corrected chi connectivity index (χ1v) is 4.59. The second kappa shape index (κ2) is 5.53. The Balaban J connectivity index is 0.00000112. The molecule has 0 radical (unpaired) electrons. The fourth-order valence-electron chi connectivity index (χ4n) is 1.35. The van der Waals surface area contributed by atoms with Crippen LogP contribution in [-0.4, -0.2) is 11.5 Å². The number of benzene rings is 1. The van der Waals surface area contributed by atoms with Gasteiger partial charge in [0.1, 0.15) is 6.26 Å². The predicted octanol–water partition coefficient (Wildman–Crippen LogP) is 2.26. The smallest absolute Gasteiger partial charge is 0.225 e. The molecule has 3 nitrogen and oxygen atoms in total. The number of aromatic nitrogens is 1. The lowest BCUT2D eigenvalue weighted by Gasteiger charge is -1.99. The average Bonchev–Trinajstić information content (AvgIpc) is 2.72. The lowest BCUT2D eigenvalue weighted by Crippen LogP contribution is -2.02. The molecule has 4 heteroatoms. The van der Waals surface area contributed by atoms with Crippen LogP contribution in [-0.2, 0) is 6.42 Å². The summed E-state index contributed by atoms with van der Waals surface area (Å²) in [6.07, 6.45) is 4.12. The van der Waals surface area contributed by atoms with Gasteiger partial charge < -0.3 is 10.2 Å². The van der Waals surface area contributed by atoms with Crippen molar-refractivity contribution in [3.63, 3.8) is 0 Å². The molecule has 0 fully saturated rings. The van der Waals surface area contributed by atoms with Gasteiger partial charge in [0.25, 0.3) is 0 Å². The Hall–Kier alpha value is -1.32. The van der Waals surface area contributed by atoms with E-state index in [2.05, 4.69) is 4.98 Å². The zero-order valence-corrected chi connectivity index (χ0v) is 9.04. The highest BCUT2D eigenvalue weighted by Crippen LogP contribution is 2.17. The maximum atomic E-state index is 5.46. The van der Waals surface area contributed by atoms with E-state index in [1.54, 1.807) is 12.5 Å². The van der Waals surface area contributed by atoms with E-state index in [0.717, 1.165) is 12.0 Å². The second-order valence-electron chi connectivity index (χ2n) is 3.07. The van der Waals surface area contributed by atoms with Crippen LogP contribution in [0.2, 0.25) is 0 Å². The second-order valence-corrected chi connectivity index (χ2v) is 3.07. The number of hydrogen-bond donors (Lipinski definition) is 1. The largest absolute Gasteiger partial charge is 0.445 e. The molecule has 1 aromatic carbocycles. The van der Waals surface area contributed by atoms with Crippen molar-refractivity contribution >= 4 is 12.4 Å². The number of oxazole rings is 1. The van der Waals surface area contributed by atoms with Gasteiger partial charge in [0.05, 0.1) is 6.20 Å². The molecular weight excluding hydrogens is 212 g/mol. The van der Waals surface area contributed by atoms with Crippen LogP contribution in [0.25, 0.3) is 11.5 Å². The maximum absolute atomic E-state index is 5.46. The molecule has 0 unspecified atom stereocenters. The first kappa shape index (κ1) is 11.8. The summed E-state index contributed by atoms with van der Waals surface area (Å²) in [5, 5.41) is 0. The molecule has 0 amide bonds. The Kier molecular flexibility index (Phi) is 4.34. The SMILES string of the molecule is Cl.NCCc1ccc(-c2ncco2)cc1. The van der Waals surface area contributed by atoms with Gasteiger partial charge in [-0.3, -0.25) is 0 Å². The van der Waals surface area contributed by atoms with Gasteiger partial charge in [0, 0.05) is 5.56 Å². The number of halogens is 1. The Bertz CT molecular complexity index is 383. The van der Waals surface area contributed by atoms with Gasteiger partial charge >= 0.3 is 0 Å². The van der Waals surface area contributed by atoms with Crippen molar-refractivity contribution < 1.29 is 4.42 Å². The molecule has 15 heavy (non-hydrogen) atoms. The highest BCUT2D eigenvalue weighted by molar-refractivity contribution is 5.85. The monoisotopic (exact) mass is 224 g/mol. The lowest BCUT2D eigenvalue weighted by molar-refractivity contribution is 0.574. The Morgan fingerprint density at radius 3 is 2.47 bits per heavy atom. The molecule has 80 valence electrons. The molecule has 0 bridgehead atoms. The summed E-state index contributed by atoms with van der Waals surface area (Å²) >= 11 is 0. The summed E-state index contributed by atoms with van der Waals surface area (Å²) in [6.45, 7) is 0.679. The molecule has 1 aromatic heterocycles. The standard InChI is InChI=1S/C11H12N2O.ClH/c12-6-5-9-1-3-10(4-2-9)11-13-7-8-14-11;/h1-4,7-8H,5-6,12H2;1H. The number of nitrogens with zero attached hydrogens (tertiary/aromatic N) is 1. The van der Waals surface area contributed by atoms with Crippen molar-refractivity contribution in [1.29, 1.82) is 0 Å². The highest BCUT2D eigenvalue weighted by Gasteiger charge is 2.00. The normalized spacial score (nSPS) is 9.67. The lowest BCUT2D eigenvalue weighted by atomic mass is 10.1. The van der Waals surface area contributed by atoms with Crippen LogP contribution in [0.15, 0.2) is 41.1 Å². The quantitative estimate of drug-likeness (QED) is 0.870. The molecule has 0 aliphatic carbocycles. The van der Waals surface area contributed by atoms with Gasteiger partial charge in [-0.1, -0.05) is 12.1 Å². The summed E-state index contributed by atoms with van der Waals surface area (Å²) in [5.41, 5.74) is 7.70. The average molecular weight is 225 g/mol. The van der Waals surface area contributed by atoms with E-state index in [9.17, 15) is 0 Å². The molecule has 0 aliphatic heterocycles. The first-order valence-electron chi connectivity index (χ1n) is 4.59. The summed E-state index contributed by atoms with van der Waals surface area (Å²) in [6, 6.07) is 8.09. The van der Waals surface area contributed by atoms with E-state index < -0.39 is 0 Å². The van der Waals surface area contributed by atoms with E-state index in [0.29, 0.717) is 12.4 Å². The Labute approximate surface area is 94.7 Å². The van der Waals surface area contributed by atoms with E-state index in [1.165, 1.54) is 5.56 Å². The molecule has 0 atom stereocenters. The summed E-state index contributed by atoms with van der Waals surface area (Å²) in [4.78, 5) is 4.07. The Morgan fingerprint density at radius 1 is 1.20 bits per heavy atom. The number of rotatable bonds is 3. The third-order valence-electron chi connectivity index (χ3n) is 2.07. The molecule has 2 rings (SSSR count). The van der Waals surface area contributed by atoms with Crippen molar-refractivity contribution in [2.24, 2.45) is 5.73 Å². The van der Waals surface area contributed by atoms with E-state index in [4.69, 9.17) is 10.2 Å². The fourth-order valence-corrected chi connectivity index (χ4v) is 1.35.